The minimum Gasteiger partial charge on any atom is -0.493 e. The van der Waals surface area contributed by atoms with Gasteiger partial charge in [-0.3, -0.25) is 5.32 Å². The van der Waals surface area contributed by atoms with Crippen LogP contribution in [0.4, 0.5) is 10.7 Å². The van der Waals surface area contributed by atoms with Crippen molar-refractivity contribution in [2.45, 2.75) is 9.79 Å². The van der Waals surface area contributed by atoms with Crippen molar-refractivity contribution >= 4 is 34.8 Å². The van der Waals surface area contributed by atoms with Crippen LogP contribution in [0, 0.1) is 0 Å². The summed E-state index contributed by atoms with van der Waals surface area (Å²) in [7, 11) is 4.69. The van der Waals surface area contributed by atoms with E-state index in [0.717, 1.165) is 15.3 Å². The molecular weight excluding hydrogens is 358 g/mol. The van der Waals surface area contributed by atoms with Gasteiger partial charge in [-0.15, -0.1) is 0 Å². The van der Waals surface area contributed by atoms with Gasteiger partial charge in [-0.1, -0.05) is 11.8 Å². The van der Waals surface area contributed by atoms with Gasteiger partial charge in [0.15, 0.2) is 11.5 Å². The van der Waals surface area contributed by atoms with E-state index in [-0.39, 0.29) is 5.95 Å². The van der Waals surface area contributed by atoms with Gasteiger partial charge in [0.05, 0.1) is 32.4 Å². The van der Waals surface area contributed by atoms with E-state index in [4.69, 9.17) is 19.3 Å². The van der Waals surface area contributed by atoms with Crippen LogP contribution in [0.2, 0.25) is 0 Å². The molecule has 0 saturated heterocycles. The summed E-state index contributed by atoms with van der Waals surface area (Å²) in [5, 5.41) is 11.0. The number of carbonyl (C=O) groups is 1. The molecule has 0 spiro atoms. The first-order chi connectivity index (χ1) is 12.5. The van der Waals surface area contributed by atoms with E-state index in [0.29, 0.717) is 22.8 Å². The Morgan fingerprint density at radius 3 is 2.35 bits per heavy atom. The summed E-state index contributed by atoms with van der Waals surface area (Å²) in [6, 6.07) is 9.34. The monoisotopic (exact) mass is 375 g/mol. The fraction of sp³-hybridized carbons (Fsp3) is 0.176. The van der Waals surface area contributed by atoms with Crippen molar-refractivity contribution in [3.63, 3.8) is 0 Å². The SMILES string of the molecule is COc1cc(Sc2ccc3[nH]c(NC(=O)O)nc3c2)cc(OC)c1OC. The summed E-state index contributed by atoms with van der Waals surface area (Å²) in [6.45, 7) is 0. The molecule has 0 fully saturated rings. The maximum Gasteiger partial charge on any atom is 0.411 e. The Labute approximate surface area is 153 Å². The van der Waals surface area contributed by atoms with Crippen LogP contribution in [-0.2, 0) is 0 Å². The average Bonchev–Trinajstić information content (AvgIpc) is 3.01. The molecule has 26 heavy (non-hydrogen) atoms. The number of nitrogens with one attached hydrogen (secondary N) is 2. The molecular formula is C17H17N3O5S. The lowest BCUT2D eigenvalue weighted by atomic mass is 10.3. The van der Waals surface area contributed by atoms with Gasteiger partial charge >= 0.3 is 6.09 Å². The number of H-pyrrole nitrogens is 1. The van der Waals surface area contributed by atoms with E-state index < -0.39 is 6.09 Å². The Balaban J connectivity index is 1.91. The second kappa shape index (κ2) is 7.44. The van der Waals surface area contributed by atoms with E-state index in [1.165, 1.54) is 11.8 Å². The van der Waals surface area contributed by atoms with E-state index in [2.05, 4.69) is 15.3 Å². The molecule has 8 nitrogen and oxygen atoms in total. The first kappa shape index (κ1) is 17.7. The lowest BCUT2D eigenvalue weighted by Gasteiger charge is -2.13. The number of carboxylic acid groups (broad SMARTS) is 1. The lowest BCUT2D eigenvalue weighted by molar-refractivity contribution is 0.209. The Hall–Kier alpha value is -3.07. The van der Waals surface area contributed by atoms with Crippen molar-refractivity contribution in [2.75, 3.05) is 26.6 Å². The highest BCUT2D eigenvalue weighted by molar-refractivity contribution is 7.99. The van der Waals surface area contributed by atoms with Crippen LogP contribution >= 0.6 is 11.8 Å². The number of aromatic nitrogens is 2. The molecule has 0 bridgehead atoms. The van der Waals surface area contributed by atoms with Crippen molar-refractivity contribution in [3.8, 4) is 17.2 Å². The second-order valence-electron chi connectivity index (χ2n) is 5.16. The number of benzene rings is 2. The zero-order chi connectivity index (χ0) is 18.7. The van der Waals surface area contributed by atoms with Crippen LogP contribution in [-0.4, -0.2) is 42.5 Å². The topological polar surface area (TPSA) is 106 Å². The molecule has 0 atom stereocenters. The van der Waals surface area contributed by atoms with Crippen LogP contribution in [0.5, 0.6) is 17.2 Å². The first-order valence-corrected chi connectivity index (χ1v) is 8.33. The standard InChI is InChI=1S/C17H17N3O5S/c1-23-13-7-10(8-14(24-2)15(13)25-3)26-9-4-5-11-12(6-9)19-16(18-11)20-17(21)22/h4-8H,1-3H3,(H,21,22)(H2,18,19,20). The highest BCUT2D eigenvalue weighted by Crippen LogP contribution is 2.42. The predicted molar refractivity (Wildman–Crippen MR) is 98.0 cm³/mol. The fourth-order valence-corrected chi connectivity index (χ4v) is 3.37. The normalized spacial score (nSPS) is 10.6. The quantitative estimate of drug-likeness (QED) is 0.601. The summed E-state index contributed by atoms with van der Waals surface area (Å²) in [6.07, 6.45) is -1.17. The molecule has 0 unspecified atom stereocenters. The summed E-state index contributed by atoms with van der Waals surface area (Å²) < 4.78 is 16.1. The molecule has 1 amide bonds. The number of nitrogens with zero attached hydrogens (tertiary/aromatic N) is 1. The molecule has 3 N–H and O–H groups in total. The van der Waals surface area contributed by atoms with E-state index in [9.17, 15) is 4.79 Å². The Morgan fingerprint density at radius 2 is 1.77 bits per heavy atom. The zero-order valence-electron chi connectivity index (χ0n) is 14.3. The highest BCUT2D eigenvalue weighted by Gasteiger charge is 2.14. The summed E-state index contributed by atoms with van der Waals surface area (Å²) in [5.41, 5.74) is 1.40. The minimum atomic E-state index is -1.17. The van der Waals surface area contributed by atoms with E-state index in [1.54, 1.807) is 21.3 Å². The molecule has 1 aromatic heterocycles. The zero-order valence-corrected chi connectivity index (χ0v) is 15.1. The van der Waals surface area contributed by atoms with Crippen LogP contribution in [0.3, 0.4) is 0 Å². The number of fused-ring (bicyclic) bond motifs is 1. The molecule has 9 heteroatoms. The van der Waals surface area contributed by atoms with Crippen molar-refractivity contribution in [3.05, 3.63) is 30.3 Å². The molecule has 0 aliphatic carbocycles. The largest absolute Gasteiger partial charge is 0.493 e. The summed E-state index contributed by atoms with van der Waals surface area (Å²) in [4.78, 5) is 19.7. The number of imidazole rings is 1. The number of aromatic amines is 1. The number of ether oxygens (including phenoxy) is 3. The summed E-state index contributed by atoms with van der Waals surface area (Å²) >= 11 is 1.50. The maximum absolute atomic E-state index is 10.7. The van der Waals surface area contributed by atoms with Crippen molar-refractivity contribution in [1.29, 1.82) is 0 Å². The van der Waals surface area contributed by atoms with Gasteiger partial charge in [-0.2, -0.15) is 0 Å². The fourth-order valence-electron chi connectivity index (χ4n) is 2.46. The van der Waals surface area contributed by atoms with Crippen LogP contribution < -0.4 is 19.5 Å². The van der Waals surface area contributed by atoms with Crippen molar-refractivity contribution in [2.24, 2.45) is 0 Å². The van der Waals surface area contributed by atoms with Gasteiger partial charge < -0.3 is 24.3 Å². The van der Waals surface area contributed by atoms with Gasteiger partial charge in [0.1, 0.15) is 0 Å². The predicted octanol–water partition coefficient (Wildman–Crippen LogP) is 3.83. The van der Waals surface area contributed by atoms with Gasteiger partial charge in [0.2, 0.25) is 11.7 Å². The molecule has 136 valence electrons. The van der Waals surface area contributed by atoms with Gasteiger partial charge in [0.25, 0.3) is 0 Å². The third-order valence-corrected chi connectivity index (χ3v) is 4.51. The molecule has 3 aromatic rings. The molecule has 0 aliphatic rings. The van der Waals surface area contributed by atoms with Crippen LogP contribution in [0.25, 0.3) is 11.0 Å². The Kier molecular flexibility index (Phi) is 5.08. The van der Waals surface area contributed by atoms with Crippen molar-refractivity contribution in [1.82, 2.24) is 9.97 Å². The second-order valence-corrected chi connectivity index (χ2v) is 6.30. The third-order valence-electron chi connectivity index (χ3n) is 3.55. The number of anilines is 1. The van der Waals surface area contributed by atoms with Gasteiger partial charge in [0, 0.05) is 9.79 Å². The van der Waals surface area contributed by atoms with E-state index >= 15 is 0 Å². The van der Waals surface area contributed by atoms with Gasteiger partial charge in [-0.05, 0) is 30.3 Å². The molecule has 0 radical (unpaired) electrons. The van der Waals surface area contributed by atoms with Crippen LogP contribution in [0.15, 0.2) is 40.1 Å². The molecule has 1 heterocycles. The van der Waals surface area contributed by atoms with Crippen molar-refractivity contribution < 1.29 is 24.1 Å². The Bertz CT molecular complexity index is 932. The third kappa shape index (κ3) is 3.62. The number of methoxy groups -OCH3 is 3. The minimum absolute atomic E-state index is 0.183. The Morgan fingerprint density at radius 1 is 1.08 bits per heavy atom. The molecule has 3 rings (SSSR count). The first-order valence-electron chi connectivity index (χ1n) is 7.51. The molecule has 2 aromatic carbocycles. The average molecular weight is 375 g/mol. The number of hydrogen-bond acceptors (Lipinski definition) is 6. The molecule has 0 aliphatic heterocycles. The lowest BCUT2D eigenvalue weighted by Crippen LogP contribution is -2.08. The number of hydrogen-bond donors (Lipinski definition) is 3. The number of rotatable bonds is 6. The van der Waals surface area contributed by atoms with Gasteiger partial charge in [-0.25, -0.2) is 9.78 Å². The highest BCUT2D eigenvalue weighted by atomic mass is 32.2. The smallest absolute Gasteiger partial charge is 0.411 e. The number of amides is 1. The van der Waals surface area contributed by atoms with Crippen LogP contribution in [0.1, 0.15) is 0 Å². The maximum atomic E-state index is 10.7. The van der Waals surface area contributed by atoms with E-state index in [1.807, 2.05) is 30.3 Å². The molecule has 0 saturated carbocycles. The summed E-state index contributed by atoms with van der Waals surface area (Å²) in [5.74, 6) is 1.86.